The van der Waals surface area contributed by atoms with Crippen molar-refractivity contribution in [1.82, 2.24) is 10.3 Å². The van der Waals surface area contributed by atoms with Crippen LogP contribution in [0.4, 0.5) is 0 Å². The predicted octanol–water partition coefficient (Wildman–Crippen LogP) is 3.61. The first-order valence-electron chi connectivity index (χ1n) is 6.48. The maximum absolute atomic E-state index is 5.43. The molecule has 1 aromatic carbocycles. The van der Waals surface area contributed by atoms with Crippen LogP contribution in [0.3, 0.4) is 0 Å². The van der Waals surface area contributed by atoms with Gasteiger partial charge < -0.3 is 10.1 Å². The van der Waals surface area contributed by atoms with Crippen molar-refractivity contribution in [2.24, 2.45) is 0 Å². The van der Waals surface area contributed by atoms with E-state index in [4.69, 9.17) is 4.74 Å². The number of hydrogen-bond donors (Lipinski definition) is 1. The highest BCUT2D eigenvalue weighted by atomic mass is 32.1. The molecule has 3 nitrogen and oxygen atoms in total. The van der Waals surface area contributed by atoms with Crippen molar-refractivity contribution >= 4 is 21.4 Å². The van der Waals surface area contributed by atoms with E-state index < -0.39 is 0 Å². The molecule has 0 aliphatic carbocycles. The lowest BCUT2D eigenvalue weighted by molar-refractivity contribution is 0.402. The first-order valence-corrected chi connectivity index (χ1v) is 7.29. The zero-order valence-corrected chi connectivity index (χ0v) is 12.3. The molecular weight excluding hydrogens is 268 g/mol. The summed E-state index contributed by atoms with van der Waals surface area (Å²) in [6.45, 7) is 0. The number of benzene rings is 1. The third-order valence-electron chi connectivity index (χ3n) is 3.31. The second-order valence-electron chi connectivity index (χ2n) is 4.50. The number of hydrogen-bond acceptors (Lipinski definition) is 4. The summed E-state index contributed by atoms with van der Waals surface area (Å²) in [6, 6.07) is 14.5. The van der Waals surface area contributed by atoms with Gasteiger partial charge in [-0.3, -0.25) is 4.98 Å². The van der Waals surface area contributed by atoms with Crippen LogP contribution < -0.4 is 10.1 Å². The molecule has 0 amide bonds. The van der Waals surface area contributed by atoms with Crippen molar-refractivity contribution in [1.29, 1.82) is 0 Å². The van der Waals surface area contributed by atoms with E-state index in [1.165, 1.54) is 15.0 Å². The Labute approximate surface area is 122 Å². The highest BCUT2D eigenvalue weighted by molar-refractivity contribution is 7.19. The molecule has 0 radical (unpaired) electrons. The molecule has 2 heterocycles. The van der Waals surface area contributed by atoms with Gasteiger partial charge in [-0.25, -0.2) is 0 Å². The van der Waals surface area contributed by atoms with Gasteiger partial charge in [0.25, 0.3) is 0 Å². The fourth-order valence-corrected chi connectivity index (χ4v) is 3.53. The molecule has 20 heavy (non-hydrogen) atoms. The number of fused-ring (bicyclic) bond motifs is 1. The van der Waals surface area contributed by atoms with E-state index in [9.17, 15) is 0 Å². The number of pyridine rings is 1. The Bertz CT molecular complexity index is 690. The molecule has 0 aliphatic heterocycles. The second kappa shape index (κ2) is 5.61. The van der Waals surface area contributed by atoms with E-state index in [1.54, 1.807) is 24.6 Å². The van der Waals surface area contributed by atoms with E-state index in [0.29, 0.717) is 0 Å². The third kappa shape index (κ3) is 2.28. The van der Waals surface area contributed by atoms with Crippen molar-refractivity contribution in [2.75, 3.05) is 14.2 Å². The molecule has 3 rings (SSSR count). The Kier molecular flexibility index (Phi) is 3.67. The molecule has 3 aromatic rings. The molecule has 1 unspecified atom stereocenters. The van der Waals surface area contributed by atoms with E-state index in [0.717, 1.165) is 11.4 Å². The minimum atomic E-state index is 0.0450. The lowest BCUT2D eigenvalue weighted by atomic mass is 10.1. The maximum atomic E-state index is 5.43. The normalized spacial score (nSPS) is 12.5. The summed E-state index contributed by atoms with van der Waals surface area (Å²) < 4.78 is 6.72. The molecule has 0 spiro atoms. The van der Waals surface area contributed by atoms with Gasteiger partial charge in [0.15, 0.2) is 0 Å². The van der Waals surface area contributed by atoms with Gasteiger partial charge in [0.2, 0.25) is 0 Å². The molecular formula is C16H16N2OS. The molecule has 0 saturated carbocycles. The first kappa shape index (κ1) is 13.1. The topological polar surface area (TPSA) is 34.2 Å². The SMILES string of the molecule is CNC(c1cc2ccccc2s1)c1ncccc1OC. The third-order valence-corrected chi connectivity index (χ3v) is 4.49. The van der Waals surface area contributed by atoms with Crippen molar-refractivity contribution in [3.8, 4) is 5.75 Å². The fourth-order valence-electron chi connectivity index (χ4n) is 2.35. The molecule has 1 N–H and O–H groups in total. The second-order valence-corrected chi connectivity index (χ2v) is 5.61. The van der Waals surface area contributed by atoms with Crippen LogP contribution in [0.15, 0.2) is 48.7 Å². The van der Waals surface area contributed by atoms with Crippen LogP contribution in [0, 0.1) is 0 Å². The van der Waals surface area contributed by atoms with Gasteiger partial charge in [-0.05, 0) is 36.7 Å². The summed E-state index contributed by atoms with van der Waals surface area (Å²) in [5.74, 6) is 0.810. The summed E-state index contributed by atoms with van der Waals surface area (Å²) in [4.78, 5) is 5.73. The van der Waals surface area contributed by atoms with Gasteiger partial charge >= 0.3 is 0 Å². The lowest BCUT2D eigenvalue weighted by Crippen LogP contribution is -2.18. The number of ether oxygens (including phenoxy) is 1. The highest BCUT2D eigenvalue weighted by Gasteiger charge is 2.19. The van der Waals surface area contributed by atoms with E-state index in [-0.39, 0.29) is 6.04 Å². The molecule has 4 heteroatoms. The van der Waals surface area contributed by atoms with Crippen molar-refractivity contribution < 1.29 is 4.74 Å². The van der Waals surface area contributed by atoms with Gasteiger partial charge in [-0.2, -0.15) is 0 Å². The van der Waals surface area contributed by atoms with Gasteiger partial charge in [0, 0.05) is 15.8 Å². The first-order chi connectivity index (χ1) is 9.83. The summed E-state index contributed by atoms with van der Waals surface area (Å²) in [5.41, 5.74) is 0.920. The van der Waals surface area contributed by atoms with Crippen LogP contribution in [-0.2, 0) is 0 Å². The maximum Gasteiger partial charge on any atom is 0.142 e. The van der Waals surface area contributed by atoms with Gasteiger partial charge in [-0.15, -0.1) is 11.3 Å². The van der Waals surface area contributed by atoms with Crippen LogP contribution in [0.2, 0.25) is 0 Å². The Morgan fingerprint density at radius 1 is 1.20 bits per heavy atom. The van der Waals surface area contributed by atoms with Gasteiger partial charge in [0.05, 0.1) is 13.2 Å². The summed E-state index contributed by atoms with van der Waals surface area (Å²) >= 11 is 1.79. The molecule has 2 aromatic heterocycles. The minimum Gasteiger partial charge on any atom is -0.495 e. The van der Waals surface area contributed by atoms with Crippen LogP contribution >= 0.6 is 11.3 Å². The minimum absolute atomic E-state index is 0.0450. The fraction of sp³-hybridized carbons (Fsp3) is 0.188. The molecule has 1 atom stereocenters. The van der Waals surface area contributed by atoms with E-state index in [1.807, 2.05) is 19.2 Å². The molecule has 0 bridgehead atoms. The number of thiophene rings is 1. The molecule has 0 saturated heterocycles. The smallest absolute Gasteiger partial charge is 0.142 e. The zero-order chi connectivity index (χ0) is 13.9. The number of aromatic nitrogens is 1. The molecule has 0 aliphatic rings. The zero-order valence-electron chi connectivity index (χ0n) is 11.5. The van der Waals surface area contributed by atoms with Crippen molar-refractivity contribution in [3.63, 3.8) is 0 Å². The predicted molar refractivity (Wildman–Crippen MR) is 83.5 cm³/mol. The summed E-state index contributed by atoms with van der Waals surface area (Å²) in [6.07, 6.45) is 1.80. The Hall–Kier alpha value is -1.91. The average Bonchev–Trinajstić information content (AvgIpc) is 2.92. The van der Waals surface area contributed by atoms with E-state index in [2.05, 4.69) is 40.6 Å². The van der Waals surface area contributed by atoms with E-state index >= 15 is 0 Å². The van der Waals surface area contributed by atoms with Crippen LogP contribution in [0.1, 0.15) is 16.6 Å². The monoisotopic (exact) mass is 284 g/mol. The number of rotatable bonds is 4. The Balaban J connectivity index is 2.09. The van der Waals surface area contributed by atoms with Crippen molar-refractivity contribution in [2.45, 2.75) is 6.04 Å². The van der Waals surface area contributed by atoms with Crippen LogP contribution in [-0.4, -0.2) is 19.1 Å². The average molecular weight is 284 g/mol. The van der Waals surface area contributed by atoms with Gasteiger partial charge in [0.1, 0.15) is 11.4 Å². The number of nitrogens with zero attached hydrogens (tertiary/aromatic N) is 1. The van der Waals surface area contributed by atoms with Crippen molar-refractivity contribution in [3.05, 3.63) is 59.2 Å². The number of nitrogens with one attached hydrogen (secondary N) is 1. The molecule has 0 fully saturated rings. The summed E-state index contributed by atoms with van der Waals surface area (Å²) in [7, 11) is 3.63. The summed E-state index contributed by atoms with van der Waals surface area (Å²) in [5, 5.41) is 4.60. The van der Waals surface area contributed by atoms with Crippen LogP contribution in [0.25, 0.3) is 10.1 Å². The highest BCUT2D eigenvalue weighted by Crippen LogP contribution is 2.35. The largest absolute Gasteiger partial charge is 0.495 e. The van der Waals surface area contributed by atoms with Crippen LogP contribution in [0.5, 0.6) is 5.75 Å². The standard InChI is InChI=1S/C16H16N2OS/c1-17-16(15-12(19-2)7-5-9-18-15)14-10-11-6-3-4-8-13(11)20-14/h3-10,16-17H,1-2H3. The Morgan fingerprint density at radius 2 is 2.05 bits per heavy atom. The number of methoxy groups -OCH3 is 1. The quantitative estimate of drug-likeness (QED) is 0.794. The molecule has 102 valence electrons. The Morgan fingerprint density at radius 3 is 2.80 bits per heavy atom. The lowest BCUT2D eigenvalue weighted by Gasteiger charge is -2.16. The van der Waals surface area contributed by atoms with Gasteiger partial charge in [-0.1, -0.05) is 18.2 Å².